The number of methoxy groups -OCH3 is 1. The highest BCUT2D eigenvalue weighted by molar-refractivity contribution is 5.97. The second-order valence-electron chi connectivity index (χ2n) is 5.97. The molecule has 0 saturated heterocycles. The Kier molecular flexibility index (Phi) is 4.11. The number of amides is 1. The quantitative estimate of drug-likeness (QED) is 0.794. The minimum atomic E-state index is -0.111. The largest absolute Gasteiger partial charge is 0.497 e. The summed E-state index contributed by atoms with van der Waals surface area (Å²) in [6, 6.07) is 13.3. The van der Waals surface area contributed by atoms with Crippen LogP contribution in [0.15, 0.2) is 42.5 Å². The average Bonchev–Trinajstić information content (AvgIpc) is 3.04. The molecule has 0 fully saturated rings. The molecule has 0 unspecified atom stereocenters. The van der Waals surface area contributed by atoms with Gasteiger partial charge in [-0.15, -0.1) is 0 Å². The van der Waals surface area contributed by atoms with Crippen LogP contribution in [0.2, 0.25) is 0 Å². The maximum Gasteiger partial charge on any atom is 0.251 e. The van der Waals surface area contributed by atoms with Gasteiger partial charge in [-0.25, -0.2) is 4.98 Å². The van der Waals surface area contributed by atoms with Crippen molar-refractivity contribution in [3.05, 3.63) is 59.4 Å². The monoisotopic (exact) mass is 337 g/mol. The van der Waals surface area contributed by atoms with Crippen molar-refractivity contribution >= 4 is 16.9 Å². The van der Waals surface area contributed by atoms with Gasteiger partial charge in [-0.1, -0.05) is 12.1 Å². The molecule has 4 rings (SSSR count). The van der Waals surface area contributed by atoms with E-state index in [1.165, 1.54) is 0 Å². The fourth-order valence-electron chi connectivity index (χ4n) is 3.03. The van der Waals surface area contributed by atoms with Crippen molar-refractivity contribution in [2.75, 3.05) is 13.7 Å². The summed E-state index contributed by atoms with van der Waals surface area (Å²) in [4.78, 5) is 17.0. The number of nitrogens with zero attached hydrogens (tertiary/aromatic N) is 2. The number of carbonyl (C=O) groups is 1. The summed E-state index contributed by atoms with van der Waals surface area (Å²) in [5, 5.41) is 2.94. The van der Waals surface area contributed by atoms with Gasteiger partial charge in [0.2, 0.25) is 0 Å². The van der Waals surface area contributed by atoms with Crippen LogP contribution in [-0.2, 0) is 24.4 Å². The first-order valence-electron chi connectivity index (χ1n) is 8.22. The van der Waals surface area contributed by atoms with Crippen LogP contribution in [0.1, 0.15) is 21.7 Å². The summed E-state index contributed by atoms with van der Waals surface area (Å²) in [5.41, 5.74) is 3.50. The van der Waals surface area contributed by atoms with Crippen LogP contribution in [0.3, 0.4) is 0 Å². The maximum atomic E-state index is 12.4. The first-order chi connectivity index (χ1) is 12.2. The lowest BCUT2D eigenvalue weighted by molar-refractivity contribution is 0.0830. The number of rotatable bonds is 4. The van der Waals surface area contributed by atoms with E-state index in [1.54, 1.807) is 7.11 Å². The molecule has 0 atom stereocenters. The molecule has 25 heavy (non-hydrogen) atoms. The van der Waals surface area contributed by atoms with E-state index in [9.17, 15) is 4.79 Å². The van der Waals surface area contributed by atoms with E-state index >= 15 is 0 Å². The normalized spacial score (nSPS) is 13.5. The van der Waals surface area contributed by atoms with Gasteiger partial charge in [-0.05, 0) is 35.9 Å². The van der Waals surface area contributed by atoms with E-state index in [2.05, 4.69) is 14.9 Å². The van der Waals surface area contributed by atoms with Crippen LogP contribution in [0.25, 0.3) is 11.0 Å². The molecule has 0 aliphatic carbocycles. The lowest BCUT2D eigenvalue weighted by atomic mass is 10.1. The molecule has 1 amide bonds. The van der Waals surface area contributed by atoms with Crippen LogP contribution in [0.5, 0.6) is 5.75 Å². The van der Waals surface area contributed by atoms with Crippen molar-refractivity contribution in [1.29, 1.82) is 0 Å². The second-order valence-corrected chi connectivity index (χ2v) is 5.97. The van der Waals surface area contributed by atoms with E-state index < -0.39 is 0 Å². The standard InChI is InChI=1S/C19H19N3O3/c1-24-15-5-2-13(3-6-15)11-20-19(23)14-4-7-17-16(10-14)21-18-12-25-9-8-22(17)18/h2-7,10H,8-9,11-12H2,1H3,(H,20,23). The van der Waals surface area contributed by atoms with Gasteiger partial charge in [0.25, 0.3) is 5.91 Å². The SMILES string of the molecule is COc1ccc(CNC(=O)c2ccc3c(c2)nc2n3CCOC2)cc1. The van der Waals surface area contributed by atoms with E-state index in [4.69, 9.17) is 9.47 Å². The number of benzene rings is 2. The molecular weight excluding hydrogens is 318 g/mol. The van der Waals surface area contributed by atoms with Gasteiger partial charge in [-0.2, -0.15) is 0 Å². The summed E-state index contributed by atoms with van der Waals surface area (Å²) < 4.78 is 12.7. The molecule has 1 aromatic heterocycles. The Morgan fingerprint density at radius 2 is 2.12 bits per heavy atom. The molecule has 128 valence electrons. The van der Waals surface area contributed by atoms with Gasteiger partial charge in [0.05, 0.1) is 24.8 Å². The highest BCUT2D eigenvalue weighted by Gasteiger charge is 2.16. The zero-order chi connectivity index (χ0) is 17.2. The zero-order valence-corrected chi connectivity index (χ0v) is 14.0. The summed E-state index contributed by atoms with van der Waals surface area (Å²) in [6.07, 6.45) is 0. The molecular formula is C19H19N3O3. The molecule has 0 radical (unpaired) electrons. The fourth-order valence-corrected chi connectivity index (χ4v) is 3.03. The molecule has 0 bridgehead atoms. The topological polar surface area (TPSA) is 65.4 Å². The number of hydrogen-bond donors (Lipinski definition) is 1. The average molecular weight is 337 g/mol. The van der Waals surface area contributed by atoms with E-state index in [0.29, 0.717) is 25.3 Å². The van der Waals surface area contributed by atoms with E-state index in [0.717, 1.165) is 34.7 Å². The smallest absolute Gasteiger partial charge is 0.251 e. The molecule has 1 N–H and O–H groups in total. The lowest BCUT2D eigenvalue weighted by Crippen LogP contribution is -2.22. The number of carbonyl (C=O) groups excluding carboxylic acids is 1. The molecule has 6 nitrogen and oxygen atoms in total. The molecule has 2 aromatic carbocycles. The van der Waals surface area contributed by atoms with Gasteiger partial charge in [0.1, 0.15) is 18.2 Å². The number of hydrogen-bond acceptors (Lipinski definition) is 4. The first kappa shape index (κ1) is 15.7. The van der Waals surface area contributed by atoms with Crippen molar-refractivity contribution in [2.24, 2.45) is 0 Å². The lowest BCUT2D eigenvalue weighted by Gasteiger charge is -2.14. The number of nitrogens with one attached hydrogen (secondary N) is 1. The third-order valence-electron chi connectivity index (χ3n) is 4.39. The highest BCUT2D eigenvalue weighted by Crippen LogP contribution is 2.21. The highest BCUT2D eigenvalue weighted by atomic mass is 16.5. The Hall–Kier alpha value is -2.86. The van der Waals surface area contributed by atoms with E-state index in [-0.39, 0.29) is 5.91 Å². The second kappa shape index (κ2) is 6.57. The third-order valence-corrected chi connectivity index (χ3v) is 4.39. The van der Waals surface area contributed by atoms with Gasteiger partial charge in [0.15, 0.2) is 0 Å². The molecule has 3 aromatic rings. The summed E-state index contributed by atoms with van der Waals surface area (Å²) >= 11 is 0. The minimum Gasteiger partial charge on any atom is -0.497 e. The van der Waals surface area contributed by atoms with Crippen LogP contribution < -0.4 is 10.1 Å². The predicted molar refractivity (Wildman–Crippen MR) is 93.6 cm³/mol. The Labute approximate surface area is 145 Å². The van der Waals surface area contributed by atoms with Crippen molar-refractivity contribution in [1.82, 2.24) is 14.9 Å². The predicted octanol–water partition coefficient (Wildman–Crippen LogP) is 2.51. The molecule has 0 spiro atoms. The minimum absolute atomic E-state index is 0.111. The third kappa shape index (κ3) is 3.08. The molecule has 1 aliphatic rings. The number of fused-ring (bicyclic) bond motifs is 3. The number of ether oxygens (including phenoxy) is 2. The van der Waals surface area contributed by atoms with Gasteiger partial charge >= 0.3 is 0 Å². The van der Waals surface area contributed by atoms with Crippen molar-refractivity contribution < 1.29 is 14.3 Å². The summed E-state index contributed by atoms with van der Waals surface area (Å²) in [5.74, 6) is 1.60. The number of imidazole rings is 1. The fraction of sp³-hybridized carbons (Fsp3) is 0.263. The van der Waals surface area contributed by atoms with Gasteiger partial charge in [0, 0.05) is 18.7 Å². The first-order valence-corrected chi connectivity index (χ1v) is 8.22. The zero-order valence-electron chi connectivity index (χ0n) is 14.0. The van der Waals surface area contributed by atoms with Crippen molar-refractivity contribution in [3.8, 4) is 5.75 Å². The Morgan fingerprint density at radius 1 is 1.28 bits per heavy atom. The van der Waals surface area contributed by atoms with Gasteiger partial charge in [-0.3, -0.25) is 4.79 Å². The Morgan fingerprint density at radius 3 is 2.92 bits per heavy atom. The van der Waals surface area contributed by atoms with Crippen LogP contribution in [-0.4, -0.2) is 29.2 Å². The summed E-state index contributed by atoms with van der Waals surface area (Å²) in [7, 11) is 1.63. The van der Waals surface area contributed by atoms with Crippen LogP contribution >= 0.6 is 0 Å². The maximum absolute atomic E-state index is 12.4. The van der Waals surface area contributed by atoms with Crippen molar-refractivity contribution in [2.45, 2.75) is 19.7 Å². The molecule has 6 heteroatoms. The van der Waals surface area contributed by atoms with Crippen LogP contribution in [0.4, 0.5) is 0 Å². The molecule has 0 saturated carbocycles. The Bertz CT molecular complexity index is 916. The van der Waals surface area contributed by atoms with E-state index in [1.807, 2.05) is 42.5 Å². The summed E-state index contributed by atoms with van der Waals surface area (Å²) in [6.45, 7) is 2.49. The van der Waals surface area contributed by atoms with Crippen LogP contribution in [0, 0.1) is 0 Å². The number of aromatic nitrogens is 2. The van der Waals surface area contributed by atoms with Gasteiger partial charge < -0.3 is 19.4 Å². The van der Waals surface area contributed by atoms with Crippen molar-refractivity contribution in [3.63, 3.8) is 0 Å². The molecule has 1 aliphatic heterocycles. The Balaban J connectivity index is 1.49. The molecule has 2 heterocycles.